The first-order valence-electron chi connectivity index (χ1n) is 11.5. The Morgan fingerprint density at radius 3 is 2.57 bits per heavy atom. The largest absolute Gasteiger partial charge is 0.369 e. The zero-order valence-electron chi connectivity index (χ0n) is 19.8. The van der Waals surface area contributed by atoms with Crippen molar-refractivity contribution in [3.63, 3.8) is 0 Å². The van der Waals surface area contributed by atoms with Crippen LogP contribution in [-0.2, 0) is 0 Å². The van der Waals surface area contributed by atoms with Gasteiger partial charge in [0, 0.05) is 54.7 Å². The Labute approximate surface area is 207 Å². The van der Waals surface area contributed by atoms with E-state index in [0.717, 1.165) is 31.9 Å². The van der Waals surface area contributed by atoms with Crippen molar-refractivity contribution in [2.24, 2.45) is 0 Å². The minimum atomic E-state index is -0.459. The highest BCUT2D eigenvalue weighted by Crippen LogP contribution is 2.31. The lowest BCUT2D eigenvalue weighted by Crippen LogP contribution is -2.44. The van der Waals surface area contributed by atoms with Crippen molar-refractivity contribution in [2.75, 3.05) is 43.4 Å². The first-order valence-corrected chi connectivity index (χ1v) is 11.8. The second-order valence-corrected chi connectivity index (χ2v) is 9.36. The van der Waals surface area contributed by atoms with E-state index >= 15 is 0 Å². The monoisotopic (exact) mass is 492 g/mol. The van der Waals surface area contributed by atoms with Crippen LogP contribution in [0.15, 0.2) is 47.4 Å². The minimum Gasteiger partial charge on any atom is -0.369 e. The summed E-state index contributed by atoms with van der Waals surface area (Å²) in [6, 6.07) is 10.2. The molecule has 1 aliphatic rings. The third-order valence-corrected chi connectivity index (χ3v) is 6.84. The van der Waals surface area contributed by atoms with Crippen LogP contribution >= 0.6 is 11.6 Å². The van der Waals surface area contributed by atoms with E-state index in [-0.39, 0.29) is 10.6 Å². The lowest BCUT2D eigenvalue weighted by Gasteiger charge is -2.35. The Kier molecular flexibility index (Phi) is 6.17. The third kappa shape index (κ3) is 4.59. The number of anilines is 3. The summed E-state index contributed by atoms with van der Waals surface area (Å²) in [7, 11) is 2.15. The van der Waals surface area contributed by atoms with Crippen LogP contribution in [0.1, 0.15) is 11.1 Å². The van der Waals surface area contributed by atoms with Gasteiger partial charge in [-0.15, -0.1) is 0 Å². The van der Waals surface area contributed by atoms with Gasteiger partial charge in [0.15, 0.2) is 0 Å². The SMILES string of the molecule is Cc1cc(Nc2ncc3c(C)c(-c4ccc(F)cc4Cl)c(=O)[nH]c3n2)ccc1N1CCN(C)CC1. The molecule has 2 aromatic carbocycles. The smallest absolute Gasteiger partial charge is 0.257 e. The lowest BCUT2D eigenvalue weighted by atomic mass is 10.0. The molecule has 9 heteroatoms. The number of likely N-dealkylation sites (N-methyl/N-ethyl adjacent to an activating group) is 1. The lowest BCUT2D eigenvalue weighted by molar-refractivity contribution is 0.312. The zero-order chi connectivity index (χ0) is 24.7. The molecule has 1 aliphatic heterocycles. The van der Waals surface area contributed by atoms with Crippen LogP contribution in [0.5, 0.6) is 0 Å². The highest BCUT2D eigenvalue weighted by atomic mass is 35.5. The molecule has 2 N–H and O–H groups in total. The van der Waals surface area contributed by atoms with Crippen molar-refractivity contribution >= 4 is 40.0 Å². The van der Waals surface area contributed by atoms with E-state index in [0.29, 0.717) is 33.7 Å². The molecule has 5 rings (SSSR count). The molecule has 0 amide bonds. The number of H-pyrrole nitrogens is 1. The van der Waals surface area contributed by atoms with E-state index in [4.69, 9.17) is 11.6 Å². The predicted octanol–water partition coefficient (Wildman–Crippen LogP) is 4.89. The number of pyridine rings is 1. The summed E-state index contributed by atoms with van der Waals surface area (Å²) in [5.74, 6) is -0.0775. The van der Waals surface area contributed by atoms with Gasteiger partial charge >= 0.3 is 0 Å². The van der Waals surface area contributed by atoms with Gasteiger partial charge in [-0.2, -0.15) is 4.98 Å². The molecule has 1 fully saturated rings. The number of aryl methyl sites for hydroxylation is 2. The second-order valence-electron chi connectivity index (χ2n) is 8.95. The van der Waals surface area contributed by atoms with E-state index in [9.17, 15) is 9.18 Å². The van der Waals surface area contributed by atoms with Crippen LogP contribution in [0.3, 0.4) is 0 Å². The number of fused-ring (bicyclic) bond motifs is 1. The Hall–Kier alpha value is -3.49. The highest BCUT2D eigenvalue weighted by Gasteiger charge is 2.18. The van der Waals surface area contributed by atoms with Gasteiger partial charge in [-0.25, -0.2) is 9.37 Å². The summed E-state index contributed by atoms with van der Waals surface area (Å²) in [6.07, 6.45) is 1.67. The van der Waals surface area contributed by atoms with Crippen molar-refractivity contribution in [1.29, 1.82) is 0 Å². The van der Waals surface area contributed by atoms with Gasteiger partial charge in [-0.3, -0.25) is 4.79 Å². The van der Waals surface area contributed by atoms with E-state index < -0.39 is 5.82 Å². The van der Waals surface area contributed by atoms with Crippen molar-refractivity contribution in [3.05, 3.63) is 74.9 Å². The van der Waals surface area contributed by atoms with Gasteiger partial charge in [-0.1, -0.05) is 11.6 Å². The number of nitrogens with one attached hydrogen (secondary N) is 2. The molecular weight excluding hydrogens is 467 g/mol. The van der Waals surface area contributed by atoms with E-state index in [1.807, 2.05) is 13.0 Å². The topological polar surface area (TPSA) is 77.1 Å². The molecule has 7 nitrogen and oxygen atoms in total. The highest BCUT2D eigenvalue weighted by molar-refractivity contribution is 6.33. The maximum Gasteiger partial charge on any atom is 0.257 e. The first-order chi connectivity index (χ1) is 16.8. The molecule has 0 aliphatic carbocycles. The summed E-state index contributed by atoms with van der Waals surface area (Å²) in [5, 5.41) is 4.10. The average molecular weight is 493 g/mol. The van der Waals surface area contributed by atoms with Crippen LogP contribution in [0, 0.1) is 19.7 Å². The normalized spacial score (nSPS) is 14.5. The molecule has 3 heterocycles. The van der Waals surface area contributed by atoms with Crippen molar-refractivity contribution in [1.82, 2.24) is 19.9 Å². The summed E-state index contributed by atoms with van der Waals surface area (Å²) in [6.45, 7) is 8.03. The Balaban J connectivity index is 1.43. The summed E-state index contributed by atoms with van der Waals surface area (Å²) >= 11 is 6.22. The Morgan fingerprint density at radius 2 is 1.86 bits per heavy atom. The fourth-order valence-electron chi connectivity index (χ4n) is 4.57. The van der Waals surface area contributed by atoms with E-state index in [1.165, 1.54) is 29.4 Å². The molecule has 0 saturated carbocycles. The van der Waals surface area contributed by atoms with Crippen LogP contribution in [-0.4, -0.2) is 53.1 Å². The third-order valence-electron chi connectivity index (χ3n) is 6.52. The number of piperazine rings is 1. The average Bonchev–Trinajstić information content (AvgIpc) is 2.81. The molecule has 1 saturated heterocycles. The molecule has 0 spiro atoms. The summed E-state index contributed by atoms with van der Waals surface area (Å²) in [5.41, 5.74) is 4.86. The van der Waals surface area contributed by atoms with Crippen LogP contribution in [0.4, 0.5) is 21.7 Å². The Morgan fingerprint density at radius 1 is 1.09 bits per heavy atom. The number of hydrogen-bond donors (Lipinski definition) is 2. The molecule has 0 bridgehead atoms. The molecule has 0 radical (unpaired) electrons. The molecule has 180 valence electrons. The fraction of sp³-hybridized carbons (Fsp3) is 0.269. The number of aromatic amines is 1. The molecular formula is C26H26ClFN6O. The van der Waals surface area contributed by atoms with Gasteiger partial charge in [0.2, 0.25) is 5.95 Å². The maximum absolute atomic E-state index is 13.5. The van der Waals surface area contributed by atoms with Gasteiger partial charge in [0.05, 0.1) is 10.6 Å². The van der Waals surface area contributed by atoms with E-state index in [2.05, 4.69) is 56.2 Å². The standard InChI is InChI=1S/C26H26ClFN6O/c1-15-12-18(5-7-22(15)34-10-8-33(3)9-11-34)30-26-29-14-20-16(2)23(25(35)31-24(20)32-26)19-6-4-17(28)13-21(19)27/h4-7,12-14H,8-11H2,1-3H3,(H2,29,30,31,32,35). The first kappa shape index (κ1) is 23.3. The minimum absolute atomic E-state index is 0.174. The van der Waals surface area contributed by atoms with Gasteiger partial charge in [-0.05, 0) is 68.4 Å². The number of halogens is 2. The number of rotatable bonds is 4. The molecule has 0 atom stereocenters. The van der Waals surface area contributed by atoms with Crippen LogP contribution in [0.25, 0.3) is 22.2 Å². The molecule has 4 aromatic rings. The number of nitrogens with zero attached hydrogens (tertiary/aromatic N) is 4. The zero-order valence-corrected chi connectivity index (χ0v) is 20.6. The van der Waals surface area contributed by atoms with Crippen molar-refractivity contribution in [3.8, 4) is 11.1 Å². The summed E-state index contributed by atoms with van der Waals surface area (Å²) < 4.78 is 13.5. The van der Waals surface area contributed by atoms with Crippen LogP contribution < -0.4 is 15.8 Å². The van der Waals surface area contributed by atoms with Gasteiger partial charge < -0.3 is 20.1 Å². The van der Waals surface area contributed by atoms with E-state index in [1.54, 1.807) is 6.20 Å². The predicted molar refractivity (Wildman–Crippen MR) is 139 cm³/mol. The van der Waals surface area contributed by atoms with Crippen molar-refractivity contribution in [2.45, 2.75) is 13.8 Å². The number of aromatic nitrogens is 3. The number of hydrogen-bond acceptors (Lipinski definition) is 6. The van der Waals surface area contributed by atoms with Crippen LogP contribution in [0.2, 0.25) is 5.02 Å². The Bertz CT molecular complexity index is 1480. The van der Waals surface area contributed by atoms with Gasteiger partial charge in [0.1, 0.15) is 11.5 Å². The second kappa shape index (κ2) is 9.28. The fourth-order valence-corrected chi connectivity index (χ4v) is 4.83. The van der Waals surface area contributed by atoms with Crippen molar-refractivity contribution < 1.29 is 4.39 Å². The molecule has 0 unspecified atom stereocenters. The summed E-state index contributed by atoms with van der Waals surface area (Å²) in [4.78, 5) is 29.5. The number of benzene rings is 2. The maximum atomic E-state index is 13.5. The van der Waals surface area contributed by atoms with Gasteiger partial charge in [0.25, 0.3) is 5.56 Å². The quantitative estimate of drug-likeness (QED) is 0.422. The molecule has 35 heavy (non-hydrogen) atoms. The molecule has 2 aromatic heterocycles.